The Morgan fingerprint density at radius 1 is 0.762 bits per heavy atom. The molecule has 5 rings (SSSR count). The van der Waals surface area contributed by atoms with Gasteiger partial charge in [0, 0.05) is 6.42 Å². The first kappa shape index (κ1) is 28.9. The summed E-state index contributed by atoms with van der Waals surface area (Å²) in [5.41, 5.74) is 1.78. The van der Waals surface area contributed by atoms with Gasteiger partial charge in [0.2, 0.25) is 5.88 Å². The first-order chi connectivity index (χ1) is 20.2. The Bertz CT molecular complexity index is 1590. The fourth-order valence-electron chi connectivity index (χ4n) is 5.15. The molecule has 0 atom stereocenters. The van der Waals surface area contributed by atoms with Gasteiger partial charge in [0.05, 0.1) is 4.88 Å². The number of nitrogens with zero attached hydrogens (tertiary/aromatic N) is 1. The molecular formula is C35H33NO5S. The number of esters is 1. The lowest BCUT2D eigenvalue weighted by atomic mass is 9.76. The zero-order valence-corrected chi connectivity index (χ0v) is 24.6. The highest BCUT2D eigenvalue weighted by molar-refractivity contribution is 7.09. The molecule has 1 heterocycles. The van der Waals surface area contributed by atoms with Crippen molar-refractivity contribution < 1.29 is 19.4 Å². The molecule has 42 heavy (non-hydrogen) atoms. The van der Waals surface area contributed by atoms with Crippen molar-refractivity contribution in [3.05, 3.63) is 152 Å². The van der Waals surface area contributed by atoms with Crippen LogP contribution in [0, 0.1) is 0 Å². The predicted molar refractivity (Wildman–Crippen MR) is 165 cm³/mol. The molecule has 6 nitrogen and oxygen atoms in total. The number of ether oxygens (including phenoxy) is 2. The minimum absolute atomic E-state index is 0.0770. The standard InChI is InChI=1S/C35H33NO5S/c1-34(2,3)41-31(37)24-40-29-21-19-25(20-22-29)23-30-32(38)36(33(39)42-30)35(26-13-7-4-8-14-26,27-15-9-5-10-16-27)28-17-11-6-12-18-28/h4-22,38H,23-24H2,1-3H3. The smallest absolute Gasteiger partial charge is 0.344 e. The summed E-state index contributed by atoms with van der Waals surface area (Å²) in [5.74, 6) is 0.00370. The van der Waals surface area contributed by atoms with Crippen LogP contribution in [-0.2, 0) is 21.5 Å². The highest BCUT2D eigenvalue weighted by Crippen LogP contribution is 2.43. The van der Waals surface area contributed by atoms with Crippen LogP contribution in [0.2, 0.25) is 0 Å². The van der Waals surface area contributed by atoms with E-state index in [1.807, 2.05) is 103 Å². The molecule has 1 aromatic heterocycles. The molecule has 4 aromatic carbocycles. The third kappa shape index (κ3) is 6.02. The Kier molecular flexibility index (Phi) is 8.31. The maximum atomic E-state index is 13.9. The number of hydrogen-bond donors (Lipinski definition) is 1. The van der Waals surface area contributed by atoms with E-state index in [-0.39, 0.29) is 17.4 Å². The van der Waals surface area contributed by atoms with E-state index in [9.17, 15) is 14.7 Å². The summed E-state index contributed by atoms with van der Waals surface area (Å²) >= 11 is 1.04. The Hall–Kier alpha value is -4.62. The minimum Gasteiger partial charge on any atom is -0.494 e. The molecule has 7 heteroatoms. The molecule has 0 bridgehead atoms. The van der Waals surface area contributed by atoms with Crippen LogP contribution in [0.4, 0.5) is 0 Å². The molecule has 0 radical (unpaired) electrons. The Labute approximate surface area is 249 Å². The quantitative estimate of drug-likeness (QED) is 0.154. The van der Waals surface area contributed by atoms with Crippen LogP contribution in [0.15, 0.2) is 120 Å². The maximum Gasteiger partial charge on any atom is 0.344 e. The summed E-state index contributed by atoms with van der Waals surface area (Å²) in [5, 5.41) is 11.8. The van der Waals surface area contributed by atoms with E-state index < -0.39 is 17.1 Å². The van der Waals surface area contributed by atoms with Gasteiger partial charge >= 0.3 is 10.8 Å². The van der Waals surface area contributed by atoms with Crippen LogP contribution in [0.1, 0.15) is 47.9 Å². The third-order valence-corrected chi connectivity index (χ3v) is 7.76. The molecule has 0 aliphatic carbocycles. The molecule has 0 unspecified atom stereocenters. The van der Waals surface area contributed by atoms with Crippen LogP contribution in [0.3, 0.4) is 0 Å². The molecule has 0 spiro atoms. The number of carbonyl (C=O) groups is 1. The number of aromatic nitrogens is 1. The number of carbonyl (C=O) groups excluding carboxylic acids is 1. The first-order valence-electron chi connectivity index (χ1n) is 13.7. The molecule has 0 amide bonds. The highest BCUT2D eigenvalue weighted by Gasteiger charge is 2.42. The third-order valence-electron chi connectivity index (χ3n) is 6.83. The second kappa shape index (κ2) is 12.1. The van der Waals surface area contributed by atoms with Crippen LogP contribution in [0.5, 0.6) is 11.6 Å². The summed E-state index contributed by atoms with van der Waals surface area (Å²) in [6.45, 7) is 5.23. The van der Waals surface area contributed by atoms with Gasteiger partial charge < -0.3 is 14.6 Å². The molecule has 1 N–H and O–H groups in total. The minimum atomic E-state index is -1.10. The molecule has 5 aromatic rings. The molecule has 0 saturated carbocycles. The SMILES string of the molecule is CC(C)(C)OC(=O)COc1ccc(Cc2sc(=O)n(C(c3ccccc3)(c3ccccc3)c3ccccc3)c2O)cc1. The van der Waals surface area contributed by atoms with Crippen molar-refractivity contribution >= 4 is 17.3 Å². The molecular weight excluding hydrogens is 546 g/mol. The monoisotopic (exact) mass is 579 g/mol. The number of hydrogen-bond acceptors (Lipinski definition) is 6. The Morgan fingerprint density at radius 3 is 1.69 bits per heavy atom. The van der Waals surface area contributed by atoms with Crippen molar-refractivity contribution in [2.24, 2.45) is 0 Å². The van der Waals surface area contributed by atoms with E-state index >= 15 is 0 Å². The summed E-state index contributed by atoms with van der Waals surface area (Å²) < 4.78 is 12.4. The van der Waals surface area contributed by atoms with Crippen molar-refractivity contribution in [2.45, 2.75) is 38.3 Å². The van der Waals surface area contributed by atoms with Crippen molar-refractivity contribution in [3.63, 3.8) is 0 Å². The van der Waals surface area contributed by atoms with Crippen LogP contribution in [0.25, 0.3) is 0 Å². The van der Waals surface area contributed by atoms with E-state index in [1.54, 1.807) is 32.9 Å². The first-order valence-corrected chi connectivity index (χ1v) is 14.5. The van der Waals surface area contributed by atoms with E-state index in [2.05, 4.69) is 0 Å². The number of thiazole rings is 1. The Morgan fingerprint density at radius 2 is 1.24 bits per heavy atom. The largest absolute Gasteiger partial charge is 0.494 e. The topological polar surface area (TPSA) is 77.8 Å². The number of rotatable bonds is 9. The predicted octanol–water partition coefficient (Wildman–Crippen LogP) is 6.77. The lowest BCUT2D eigenvalue weighted by molar-refractivity contribution is -0.157. The molecule has 0 saturated heterocycles. The molecule has 0 aliphatic heterocycles. The highest BCUT2D eigenvalue weighted by atomic mass is 32.1. The van der Waals surface area contributed by atoms with Crippen molar-refractivity contribution in [1.82, 2.24) is 4.57 Å². The van der Waals surface area contributed by atoms with E-state index in [1.165, 1.54) is 4.57 Å². The summed E-state index contributed by atoms with van der Waals surface area (Å²) in [6.07, 6.45) is 0.347. The maximum absolute atomic E-state index is 13.9. The second-order valence-corrected chi connectivity index (χ2v) is 12.0. The fraction of sp³-hybridized carbons (Fsp3) is 0.200. The van der Waals surface area contributed by atoms with Crippen LogP contribution in [-0.4, -0.2) is 27.9 Å². The average molecular weight is 580 g/mol. The van der Waals surface area contributed by atoms with Crippen molar-refractivity contribution in [1.29, 1.82) is 0 Å². The van der Waals surface area contributed by atoms with Gasteiger partial charge in [0.15, 0.2) is 6.61 Å². The van der Waals surface area contributed by atoms with Gasteiger partial charge in [-0.3, -0.25) is 9.36 Å². The van der Waals surface area contributed by atoms with Gasteiger partial charge in [-0.15, -0.1) is 0 Å². The van der Waals surface area contributed by atoms with Crippen molar-refractivity contribution in [2.75, 3.05) is 6.61 Å². The van der Waals surface area contributed by atoms with E-state index in [0.29, 0.717) is 17.0 Å². The number of benzene rings is 4. The summed E-state index contributed by atoms with van der Waals surface area (Å²) in [7, 11) is 0. The van der Waals surface area contributed by atoms with Gasteiger partial charge in [-0.25, -0.2) is 4.79 Å². The van der Waals surface area contributed by atoms with Gasteiger partial charge in [-0.1, -0.05) is 114 Å². The normalized spacial score (nSPS) is 11.7. The zero-order chi connectivity index (χ0) is 29.7. The van der Waals surface area contributed by atoms with Gasteiger partial charge in [-0.2, -0.15) is 0 Å². The Balaban J connectivity index is 1.52. The molecule has 0 aliphatic rings. The average Bonchev–Trinajstić information content (AvgIpc) is 3.26. The fourth-order valence-corrected chi connectivity index (χ4v) is 6.09. The number of aromatic hydroxyl groups is 1. The lowest BCUT2D eigenvalue weighted by Gasteiger charge is -2.37. The lowest BCUT2D eigenvalue weighted by Crippen LogP contribution is -2.42. The summed E-state index contributed by atoms with van der Waals surface area (Å²) in [4.78, 5) is 26.2. The van der Waals surface area contributed by atoms with E-state index in [4.69, 9.17) is 9.47 Å². The second-order valence-electron chi connectivity index (χ2n) is 11.0. The van der Waals surface area contributed by atoms with Crippen LogP contribution < -0.4 is 9.61 Å². The van der Waals surface area contributed by atoms with Crippen molar-refractivity contribution in [3.8, 4) is 11.6 Å². The van der Waals surface area contributed by atoms with Gasteiger partial charge in [0.1, 0.15) is 16.9 Å². The molecule has 0 fully saturated rings. The molecule has 214 valence electrons. The van der Waals surface area contributed by atoms with Crippen LogP contribution >= 0.6 is 11.3 Å². The van der Waals surface area contributed by atoms with Gasteiger partial charge in [0.25, 0.3) is 0 Å². The van der Waals surface area contributed by atoms with Gasteiger partial charge in [-0.05, 0) is 55.2 Å². The van der Waals surface area contributed by atoms with E-state index in [0.717, 1.165) is 33.6 Å². The zero-order valence-electron chi connectivity index (χ0n) is 23.8. The summed E-state index contributed by atoms with van der Waals surface area (Å²) in [6, 6.07) is 36.6.